The molecule has 0 bridgehead atoms. The molecule has 0 spiro atoms. The van der Waals surface area contributed by atoms with E-state index in [9.17, 15) is 14.7 Å². The number of hydrogen-bond donors (Lipinski definition) is 2. The molecule has 0 saturated heterocycles. The molecule has 4 aromatic rings. The van der Waals surface area contributed by atoms with Gasteiger partial charge in [0.1, 0.15) is 17.8 Å². The molecule has 2 atom stereocenters. The van der Waals surface area contributed by atoms with Gasteiger partial charge in [0, 0.05) is 23.9 Å². The van der Waals surface area contributed by atoms with Crippen LogP contribution in [0.15, 0.2) is 76.4 Å². The summed E-state index contributed by atoms with van der Waals surface area (Å²) in [5.74, 6) is -1.82. The predicted octanol–water partition coefficient (Wildman–Crippen LogP) is 4.32. The number of benzene rings is 2. The Labute approximate surface area is 194 Å². The van der Waals surface area contributed by atoms with E-state index in [4.69, 9.17) is 16.1 Å². The highest BCUT2D eigenvalue weighted by atomic mass is 35.5. The van der Waals surface area contributed by atoms with Gasteiger partial charge >= 0.3 is 0 Å². The normalized spacial score (nSPS) is 12.8. The topological polar surface area (TPSA) is 110 Å². The molecule has 2 unspecified atom stereocenters. The smallest absolute Gasteiger partial charge is 0.296 e. The van der Waals surface area contributed by atoms with Crippen molar-refractivity contribution in [2.45, 2.75) is 18.8 Å². The summed E-state index contributed by atoms with van der Waals surface area (Å²) in [6, 6.07) is 17.2. The first kappa shape index (κ1) is 22.3. The first-order chi connectivity index (χ1) is 15.9. The molecule has 8 nitrogen and oxygen atoms in total. The van der Waals surface area contributed by atoms with Crippen LogP contribution in [0.25, 0.3) is 0 Å². The Morgan fingerprint density at radius 2 is 1.85 bits per heavy atom. The molecule has 0 fully saturated rings. The molecule has 1 amide bonds. The molecular formula is C24H21ClN4O4. The molecule has 0 radical (unpaired) electrons. The van der Waals surface area contributed by atoms with Gasteiger partial charge in [-0.25, -0.2) is 4.98 Å². The maximum absolute atomic E-state index is 12.8. The van der Waals surface area contributed by atoms with Crippen LogP contribution in [0.3, 0.4) is 0 Å². The molecule has 0 aliphatic carbocycles. The fourth-order valence-electron chi connectivity index (χ4n) is 3.90. The van der Waals surface area contributed by atoms with Gasteiger partial charge in [0.15, 0.2) is 5.69 Å². The highest BCUT2D eigenvalue weighted by molar-refractivity contribution is 6.31. The van der Waals surface area contributed by atoms with Crippen LogP contribution in [0.2, 0.25) is 5.02 Å². The first-order valence-corrected chi connectivity index (χ1v) is 10.6. The van der Waals surface area contributed by atoms with Gasteiger partial charge < -0.3 is 14.9 Å². The van der Waals surface area contributed by atoms with Gasteiger partial charge in [-0.1, -0.05) is 72.2 Å². The number of anilines is 1. The quantitative estimate of drug-likeness (QED) is 0.440. The van der Waals surface area contributed by atoms with Gasteiger partial charge in [0.25, 0.3) is 11.5 Å². The van der Waals surface area contributed by atoms with Crippen molar-refractivity contribution >= 4 is 23.2 Å². The average molecular weight is 465 g/mol. The summed E-state index contributed by atoms with van der Waals surface area (Å²) in [5, 5.41) is 17.0. The van der Waals surface area contributed by atoms with E-state index < -0.39 is 17.2 Å². The molecule has 4 rings (SSSR count). The fourth-order valence-corrected chi connectivity index (χ4v) is 4.16. The number of nitrogens with zero attached hydrogens (tertiary/aromatic N) is 3. The second kappa shape index (κ2) is 9.30. The number of carbonyl (C=O) groups excluding carboxylic acids is 1. The minimum atomic E-state index is -0.754. The molecule has 9 heteroatoms. The third-order valence-corrected chi connectivity index (χ3v) is 5.86. The molecule has 2 heterocycles. The molecule has 0 aliphatic rings. The Kier molecular flexibility index (Phi) is 6.28. The van der Waals surface area contributed by atoms with E-state index in [-0.39, 0.29) is 23.2 Å². The molecular weight excluding hydrogens is 444 g/mol. The van der Waals surface area contributed by atoms with Crippen LogP contribution >= 0.6 is 11.6 Å². The molecule has 0 aliphatic heterocycles. The van der Waals surface area contributed by atoms with Crippen LogP contribution in [0.4, 0.5) is 5.69 Å². The van der Waals surface area contributed by atoms with E-state index in [1.165, 1.54) is 24.1 Å². The standard InChI is InChI=1S/C24H21ClN4O4/c1-14(19(15-8-4-3-5-9-15)17-10-6-7-11-18(17)25)22-28-20(21(30)24(32)29(22)2)23(31)27-16-12-26-33-13-16/h3-14,19,30H,1-2H3,(H,27,31). The highest BCUT2D eigenvalue weighted by Crippen LogP contribution is 2.40. The largest absolute Gasteiger partial charge is 0.501 e. The number of aromatic hydroxyl groups is 1. The molecule has 0 saturated carbocycles. The van der Waals surface area contributed by atoms with Gasteiger partial charge in [0.05, 0.1) is 6.20 Å². The van der Waals surface area contributed by atoms with E-state index in [1.54, 1.807) is 6.07 Å². The monoisotopic (exact) mass is 464 g/mol. The maximum Gasteiger partial charge on any atom is 0.296 e. The van der Waals surface area contributed by atoms with Crippen LogP contribution in [0, 0.1) is 0 Å². The van der Waals surface area contributed by atoms with E-state index in [0.29, 0.717) is 10.8 Å². The van der Waals surface area contributed by atoms with Gasteiger partial charge in [-0.2, -0.15) is 0 Å². The van der Waals surface area contributed by atoms with Gasteiger partial charge in [-0.15, -0.1) is 0 Å². The predicted molar refractivity (Wildman–Crippen MR) is 124 cm³/mol. The van der Waals surface area contributed by atoms with Crippen molar-refractivity contribution in [3.8, 4) is 5.75 Å². The highest BCUT2D eigenvalue weighted by Gasteiger charge is 2.30. The lowest BCUT2D eigenvalue weighted by Crippen LogP contribution is -2.29. The summed E-state index contributed by atoms with van der Waals surface area (Å²) in [5.41, 5.74) is 0.988. The number of aromatic nitrogens is 3. The van der Waals surface area contributed by atoms with E-state index in [0.717, 1.165) is 11.1 Å². The minimum Gasteiger partial charge on any atom is -0.501 e. The zero-order valence-electron chi connectivity index (χ0n) is 17.9. The van der Waals surface area contributed by atoms with Crippen molar-refractivity contribution in [3.63, 3.8) is 0 Å². The Balaban J connectivity index is 1.83. The lowest BCUT2D eigenvalue weighted by Gasteiger charge is -2.27. The van der Waals surface area contributed by atoms with Crippen LogP contribution < -0.4 is 10.9 Å². The lowest BCUT2D eigenvalue weighted by atomic mass is 9.81. The van der Waals surface area contributed by atoms with Crippen molar-refractivity contribution in [2.24, 2.45) is 7.05 Å². The van der Waals surface area contributed by atoms with E-state index in [1.807, 2.05) is 55.5 Å². The molecule has 2 aromatic heterocycles. The van der Waals surface area contributed by atoms with Gasteiger partial charge in [0.2, 0.25) is 5.75 Å². The van der Waals surface area contributed by atoms with Crippen molar-refractivity contribution in [3.05, 3.63) is 105 Å². The van der Waals surface area contributed by atoms with Crippen molar-refractivity contribution in [1.29, 1.82) is 0 Å². The number of nitrogens with one attached hydrogen (secondary N) is 1. The van der Waals surface area contributed by atoms with Crippen molar-refractivity contribution < 1.29 is 14.4 Å². The third-order valence-electron chi connectivity index (χ3n) is 5.51. The minimum absolute atomic E-state index is 0.267. The van der Waals surface area contributed by atoms with Gasteiger partial charge in [-0.3, -0.25) is 14.2 Å². The van der Waals surface area contributed by atoms with Crippen LogP contribution in [-0.2, 0) is 7.05 Å². The Morgan fingerprint density at radius 3 is 2.52 bits per heavy atom. The summed E-state index contributed by atoms with van der Waals surface area (Å²) in [4.78, 5) is 30.0. The van der Waals surface area contributed by atoms with Gasteiger partial charge in [-0.05, 0) is 17.2 Å². The number of hydrogen-bond acceptors (Lipinski definition) is 6. The van der Waals surface area contributed by atoms with Crippen molar-refractivity contribution in [2.75, 3.05) is 5.32 Å². The maximum atomic E-state index is 12.8. The van der Waals surface area contributed by atoms with Crippen molar-refractivity contribution in [1.82, 2.24) is 14.7 Å². The number of rotatable bonds is 6. The second-order valence-electron chi connectivity index (χ2n) is 7.60. The second-order valence-corrected chi connectivity index (χ2v) is 8.00. The molecule has 2 aromatic carbocycles. The average Bonchev–Trinajstić information content (AvgIpc) is 3.32. The Bertz CT molecular complexity index is 1340. The molecule has 33 heavy (non-hydrogen) atoms. The summed E-state index contributed by atoms with van der Waals surface area (Å²) < 4.78 is 5.95. The van der Waals surface area contributed by atoms with E-state index >= 15 is 0 Å². The van der Waals surface area contributed by atoms with Crippen LogP contribution in [-0.4, -0.2) is 25.7 Å². The number of halogens is 1. The third kappa shape index (κ3) is 4.38. The lowest BCUT2D eigenvalue weighted by molar-refractivity contribution is 0.101. The Morgan fingerprint density at radius 1 is 1.15 bits per heavy atom. The number of amides is 1. The molecule has 2 N–H and O–H groups in total. The first-order valence-electron chi connectivity index (χ1n) is 10.2. The Hall–Kier alpha value is -3.91. The SMILES string of the molecule is CC(c1nc(C(=O)Nc2cnoc2)c(O)c(=O)n1C)C(c1ccccc1)c1ccccc1Cl. The zero-order valence-corrected chi connectivity index (χ0v) is 18.7. The summed E-state index contributed by atoms with van der Waals surface area (Å²) in [7, 11) is 1.51. The summed E-state index contributed by atoms with van der Waals surface area (Å²) >= 11 is 6.55. The van der Waals surface area contributed by atoms with Crippen LogP contribution in [0.1, 0.15) is 46.2 Å². The fraction of sp³-hybridized carbons (Fsp3) is 0.167. The molecule has 168 valence electrons. The summed E-state index contributed by atoms with van der Waals surface area (Å²) in [6.45, 7) is 1.90. The van der Waals surface area contributed by atoms with Crippen LogP contribution in [0.5, 0.6) is 5.75 Å². The number of carbonyl (C=O) groups is 1. The van der Waals surface area contributed by atoms with E-state index in [2.05, 4.69) is 15.5 Å². The summed E-state index contributed by atoms with van der Waals surface area (Å²) in [6.07, 6.45) is 2.52. The zero-order chi connectivity index (χ0) is 23.5.